The lowest BCUT2D eigenvalue weighted by molar-refractivity contribution is -0.122. The van der Waals surface area contributed by atoms with E-state index in [-0.39, 0.29) is 18.4 Å². The third-order valence-electron chi connectivity index (χ3n) is 4.13. The Bertz CT molecular complexity index is 978. The van der Waals surface area contributed by atoms with Crippen molar-refractivity contribution in [2.45, 2.75) is 19.6 Å². The highest BCUT2D eigenvalue weighted by molar-refractivity contribution is 6.30. The standard InChI is InChI=1S/C22H20ClN3O3/c1-15(29-19-10-8-18(23)9-11-19)21(27)26-20-7-3-2-5-16(20)14-25-22(28)17-6-4-12-24-13-17/h2-13,15H,14H2,1H3,(H,25,28)(H,26,27). The minimum Gasteiger partial charge on any atom is -0.481 e. The molecule has 0 bridgehead atoms. The van der Waals surface area contributed by atoms with E-state index in [9.17, 15) is 9.59 Å². The highest BCUT2D eigenvalue weighted by Crippen LogP contribution is 2.19. The molecular formula is C22H20ClN3O3. The maximum atomic E-state index is 12.5. The molecule has 0 saturated carbocycles. The number of para-hydroxylation sites is 1. The Kier molecular flexibility index (Phi) is 6.81. The largest absolute Gasteiger partial charge is 0.481 e. The summed E-state index contributed by atoms with van der Waals surface area (Å²) in [5, 5.41) is 6.28. The third-order valence-corrected chi connectivity index (χ3v) is 4.39. The van der Waals surface area contributed by atoms with Gasteiger partial charge in [0.05, 0.1) is 5.56 Å². The summed E-state index contributed by atoms with van der Waals surface area (Å²) >= 11 is 5.86. The number of halogens is 1. The molecule has 2 aromatic carbocycles. The summed E-state index contributed by atoms with van der Waals surface area (Å²) < 4.78 is 5.65. The lowest BCUT2D eigenvalue weighted by atomic mass is 10.1. The van der Waals surface area contributed by atoms with Crippen LogP contribution in [0.15, 0.2) is 73.1 Å². The number of hydrogen-bond acceptors (Lipinski definition) is 4. The minimum atomic E-state index is -0.714. The van der Waals surface area contributed by atoms with E-state index in [0.29, 0.717) is 22.0 Å². The zero-order chi connectivity index (χ0) is 20.6. The molecule has 0 aliphatic rings. The molecule has 29 heavy (non-hydrogen) atoms. The van der Waals surface area contributed by atoms with Crippen LogP contribution in [0.2, 0.25) is 5.02 Å². The molecule has 0 aliphatic carbocycles. The van der Waals surface area contributed by atoms with Crippen molar-refractivity contribution in [3.8, 4) is 5.75 Å². The van der Waals surface area contributed by atoms with Crippen LogP contribution < -0.4 is 15.4 Å². The van der Waals surface area contributed by atoms with Gasteiger partial charge in [0.15, 0.2) is 6.10 Å². The van der Waals surface area contributed by atoms with Crippen LogP contribution in [-0.2, 0) is 11.3 Å². The molecule has 0 saturated heterocycles. The van der Waals surface area contributed by atoms with Gasteiger partial charge in [0.2, 0.25) is 0 Å². The number of nitrogens with zero attached hydrogens (tertiary/aromatic N) is 1. The first-order valence-corrected chi connectivity index (χ1v) is 9.40. The van der Waals surface area contributed by atoms with Gasteiger partial charge in [0.1, 0.15) is 5.75 Å². The molecule has 0 fully saturated rings. The van der Waals surface area contributed by atoms with E-state index >= 15 is 0 Å². The number of rotatable bonds is 7. The number of ether oxygens (including phenoxy) is 1. The predicted molar refractivity (Wildman–Crippen MR) is 112 cm³/mol. The number of aromatic nitrogens is 1. The number of nitrogens with one attached hydrogen (secondary N) is 2. The van der Waals surface area contributed by atoms with Crippen molar-refractivity contribution in [3.63, 3.8) is 0 Å². The second-order valence-electron chi connectivity index (χ2n) is 6.28. The van der Waals surface area contributed by atoms with Crippen LogP contribution in [0.25, 0.3) is 0 Å². The number of anilines is 1. The van der Waals surface area contributed by atoms with E-state index in [1.165, 1.54) is 6.20 Å². The molecule has 2 N–H and O–H groups in total. The summed E-state index contributed by atoms with van der Waals surface area (Å²) in [6, 6.07) is 17.5. The minimum absolute atomic E-state index is 0.237. The van der Waals surface area contributed by atoms with Gasteiger partial charge in [0, 0.05) is 29.6 Å². The van der Waals surface area contributed by atoms with Crippen molar-refractivity contribution in [1.29, 1.82) is 0 Å². The van der Waals surface area contributed by atoms with Crippen molar-refractivity contribution in [1.82, 2.24) is 10.3 Å². The smallest absolute Gasteiger partial charge is 0.265 e. The number of pyridine rings is 1. The van der Waals surface area contributed by atoms with E-state index in [1.54, 1.807) is 55.6 Å². The molecule has 148 valence electrons. The van der Waals surface area contributed by atoms with Gasteiger partial charge in [-0.1, -0.05) is 29.8 Å². The molecule has 3 rings (SSSR count). The van der Waals surface area contributed by atoms with Gasteiger partial charge in [0.25, 0.3) is 11.8 Å². The van der Waals surface area contributed by atoms with Gasteiger partial charge < -0.3 is 15.4 Å². The molecule has 1 atom stereocenters. The summed E-state index contributed by atoms with van der Waals surface area (Å²) in [5.41, 5.74) is 1.85. The molecule has 7 heteroatoms. The molecule has 1 aromatic heterocycles. The van der Waals surface area contributed by atoms with Crippen LogP contribution in [0.1, 0.15) is 22.8 Å². The Labute approximate surface area is 173 Å². The van der Waals surface area contributed by atoms with E-state index < -0.39 is 6.10 Å². The third kappa shape index (κ3) is 5.80. The molecule has 1 heterocycles. The zero-order valence-electron chi connectivity index (χ0n) is 15.8. The van der Waals surface area contributed by atoms with E-state index in [2.05, 4.69) is 15.6 Å². The lowest BCUT2D eigenvalue weighted by Gasteiger charge is -2.17. The van der Waals surface area contributed by atoms with E-state index in [0.717, 1.165) is 5.56 Å². The predicted octanol–water partition coefficient (Wildman–Crippen LogP) is 4.07. The first kappa shape index (κ1) is 20.4. The maximum Gasteiger partial charge on any atom is 0.265 e. The van der Waals surface area contributed by atoms with Gasteiger partial charge in [-0.3, -0.25) is 14.6 Å². The van der Waals surface area contributed by atoms with Crippen LogP contribution in [0.4, 0.5) is 5.69 Å². The summed E-state index contributed by atoms with van der Waals surface area (Å²) in [5.74, 6) is 0.0127. The number of benzene rings is 2. The van der Waals surface area contributed by atoms with Crippen molar-refractivity contribution >= 4 is 29.1 Å². The van der Waals surface area contributed by atoms with Crippen LogP contribution in [0.5, 0.6) is 5.75 Å². The first-order chi connectivity index (χ1) is 14.0. The van der Waals surface area contributed by atoms with Crippen molar-refractivity contribution < 1.29 is 14.3 Å². The second-order valence-corrected chi connectivity index (χ2v) is 6.72. The first-order valence-electron chi connectivity index (χ1n) is 9.02. The van der Waals surface area contributed by atoms with Crippen LogP contribution in [0.3, 0.4) is 0 Å². The molecule has 6 nitrogen and oxygen atoms in total. The fourth-order valence-corrected chi connectivity index (χ4v) is 2.70. The number of hydrogen-bond donors (Lipinski definition) is 2. The van der Waals surface area contributed by atoms with E-state index in [1.807, 2.05) is 18.2 Å². The lowest BCUT2D eigenvalue weighted by Crippen LogP contribution is -2.31. The Morgan fingerprint density at radius 2 is 1.83 bits per heavy atom. The Morgan fingerprint density at radius 1 is 1.07 bits per heavy atom. The van der Waals surface area contributed by atoms with Crippen molar-refractivity contribution in [2.75, 3.05) is 5.32 Å². The van der Waals surface area contributed by atoms with Gasteiger partial charge in [-0.05, 0) is 55.0 Å². The van der Waals surface area contributed by atoms with Gasteiger partial charge in [-0.15, -0.1) is 0 Å². The molecule has 3 aromatic rings. The Morgan fingerprint density at radius 3 is 2.55 bits per heavy atom. The average Bonchev–Trinajstić information content (AvgIpc) is 2.75. The van der Waals surface area contributed by atoms with Gasteiger partial charge >= 0.3 is 0 Å². The Balaban J connectivity index is 1.61. The second kappa shape index (κ2) is 9.71. The number of carbonyl (C=O) groups is 2. The average molecular weight is 410 g/mol. The van der Waals surface area contributed by atoms with Crippen LogP contribution in [-0.4, -0.2) is 22.9 Å². The molecule has 0 aliphatic heterocycles. The molecule has 1 unspecified atom stereocenters. The van der Waals surface area contributed by atoms with Crippen molar-refractivity contribution in [2.24, 2.45) is 0 Å². The maximum absolute atomic E-state index is 12.5. The topological polar surface area (TPSA) is 80.3 Å². The van der Waals surface area contributed by atoms with Crippen LogP contribution in [0, 0.1) is 0 Å². The molecular weight excluding hydrogens is 390 g/mol. The highest BCUT2D eigenvalue weighted by atomic mass is 35.5. The Hall–Kier alpha value is -3.38. The SMILES string of the molecule is CC(Oc1ccc(Cl)cc1)C(=O)Nc1ccccc1CNC(=O)c1cccnc1. The molecule has 0 spiro atoms. The van der Waals surface area contributed by atoms with E-state index in [4.69, 9.17) is 16.3 Å². The molecule has 2 amide bonds. The fourth-order valence-electron chi connectivity index (χ4n) is 2.58. The summed E-state index contributed by atoms with van der Waals surface area (Å²) in [7, 11) is 0. The van der Waals surface area contributed by atoms with Crippen LogP contribution >= 0.6 is 11.6 Å². The fraction of sp³-hybridized carbons (Fsp3) is 0.136. The monoisotopic (exact) mass is 409 g/mol. The van der Waals surface area contributed by atoms with Crippen molar-refractivity contribution in [3.05, 3.63) is 89.2 Å². The van der Waals surface area contributed by atoms with Gasteiger partial charge in [-0.25, -0.2) is 0 Å². The summed E-state index contributed by atoms with van der Waals surface area (Å²) in [6.45, 7) is 1.92. The zero-order valence-corrected chi connectivity index (χ0v) is 16.5. The summed E-state index contributed by atoms with van der Waals surface area (Å²) in [4.78, 5) is 28.7. The highest BCUT2D eigenvalue weighted by Gasteiger charge is 2.16. The van der Waals surface area contributed by atoms with Gasteiger partial charge in [-0.2, -0.15) is 0 Å². The molecule has 0 radical (unpaired) electrons. The normalized spacial score (nSPS) is 11.4. The number of carbonyl (C=O) groups excluding carboxylic acids is 2. The summed E-state index contributed by atoms with van der Waals surface area (Å²) in [6.07, 6.45) is 2.39. The number of amides is 2. The quantitative estimate of drug-likeness (QED) is 0.616.